The molecule has 5 heteroatoms. The summed E-state index contributed by atoms with van der Waals surface area (Å²) in [5.41, 5.74) is 3.75. The van der Waals surface area contributed by atoms with Gasteiger partial charge in [0.1, 0.15) is 6.54 Å². The minimum absolute atomic E-state index is 0.0751. The van der Waals surface area contributed by atoms with Crippen molar-refractivity contribution in [2.75, 3.05) is 18.9 Å². The third-order valence-electron chi connectivity index (χ3n) is 3.95. The van der Waals surface area contributed by atoms with Crippen LogP contribution in [-0.2, 0) is 24.2 Å². The van der Waals surface area contributed by atoms with Crippen molar-refractivity contribution in [3.63, 3.8) is 0 Å². The van der Waals surface area contributed by atoms with Crippen molar-refractivity contribution in [2.45, 2.75) is 25.8 Å². The van der Waals surface area contributed by atoms with E-state index in [1.807, 2.05) is 6.07 Å². The summed E-state index contributed by atoms with van der Waals surface area (Å²) in [6.45, 7) is 1.35. The van der Waals surface area contributed by atoms with Gasteiger partial charge < -0.3 is 10.2 Å². The third kappa shape index (κ3) is 3.97. The number of likely N-dealkylation sites (N-methyl/N-ethyl adjacent to an activating group) is 1. The minimum Gasteiger partial charge on any atom is -0.325 e. The molecule has 1 heterocycles. The molecule has 0 saturated heterocycles. The van der Waals surface area contributed by atoms with Gasteiger partial charge in [0, 0.05) is 5.69 Å². The predicted molar refractivity (Wildman–Crippen MR) is 94.6 cm³/mol. The molecular formula is C17H20BrN2OS+. The quantitative estimate of drug-likeness (QED) is 0.822. The van der Waals surface area contributed by atoms with Gasteiger partial charge in [-0.2, -0.15) is 0 Å². The monoisotopic (exact) mass is 379 g/mol. The van der Waals surface area contributed by atoms with Gasteiger partial charge in [0.05, 0.1) is 15.7 Å². The van der Waals surface area contributed by atoms with Crippen molar-refractivity contribution in [3.05, 3.63) is 50.1 Å². The van der Waals surface area contributed by atoms with Crippen LogP contribution in [0.4, 0.5) is 5.69 Å². The fourth-order valence-corrected chi connectivity index (χ4v) is 4.53. The molecule has 3 rings (SSSR count). The molecule has 1 atom stereocenters. The Morgan fingerprint density at radius 3 is 2.86 bits per heavy atom. The lowest BCUT2D eigenvalue weighted by Crippen LogP contribution is -3.08. The lowest BCUT2D eigenvalue weighted by atomic mass is 10.1. The van der Waals surface area contributed by atoms with E-state index in [1.54, 1.807) is 11.3 Å². The molecule has 0 aliphatic heterocycles. The van der Waals surface area contributed by atoms with E-state index < -0.39 is 0 Å². The van der Waals surface area contributed by atoms with Gasteiger partial charge in [-0.15, -0.1) is 11.3 Å². The van der Waals surface area contributed by atoms with Crippen molar-refractivity contribution in [1.29, 1.82) is 0 Å². The maximum absolute atomic E-state index is 12.2. The number of halogens is 1. The number of thiophene rings is 1. The Morgan fingerprint density at radius 1 is 1.27 bits per heavy atom. The second-order valence-electron chi connectivity index (χ2n) is 5.90. The normalized spacial score (nSPS) is 14.6. The number of aryl methyl sites for hydroxylation is 2. The van der Waals surface area contributed by atoms with Crippen molar-refractivity contribution >= 4 is 38.9 Å². The van der Waals surface area contributed by atoms with E-state index in [4.69, 9.17) is 0 Å². The van der Waals surface area contributed by atoms with Crippen LogP contribution in [0.5, 0.6) is 0 Å². The predicted octanol–water partition coefficient (Wildman–Crippen LogP) is 2.65. The number of hydrogen-bond acceptors (Lipinski definition) is 2. The summed E-state index contributed by atoms with van der Waals surface area (Å²) in [5.74, 6) is 0.0751. The molecule has 0 saturated carbocycles. The Balaban J connectivity index is 1.53. The van der Waals surface area contributed by atoms with E-state index in [1.165, 1.54) is 33.7 Å². The van der Waals surface area contributed by atoms with Gasteiger partial charge in [-0.3, -0.25) is 4.79 Å². The fourth-order valence-electron chi connectivity index (χ4n) is 2.94. The third-order valence-corrected chi connectivity index (χ3v) is 5.57. The fraction of sp³-hybridized carbons (Fsp3) is 0.353. The molecule has 3 nitrogen and oxygen atoms in total. The Bertz CT molecular complexity index is 683. The van der Waals surface area contributed by atoms with E-state index in [0.717, 1.165) is 22.4 Å². The van der Waals surface area contributed by atoms with Crippen molar-refractivity contribution < 1.29 is 9.69 Å². The first-order valence-electron chi connectivity index (χ1n) is 7.57. The zero-order valence-electron chi connectivity index (χ0n) is 12.6. The summed E-state index contributed by atoms with van der Waals surface area (Å²) < 4.78 is 1.14. The number of quaternary nitrogens is 1. The molecule has 1 unspecified atom stereocenters. The van der Waals surface area contributed by atoms with Crippen LogP contribution in [0.3, 0.4) is 0 Å². The summed E-state index contributed by atoms with van der Waals surface area (Å²) >= 11 is 5.20. The van der Waals surface area contributed by atoms with E-state index >= 15 is 0 Å². The summed E-state index contributed by atoms with van der Waals surface area (Å²) in [6, 6.07) is 10.5. The average molecular weight is 380 g/mol. The summed E-state index contributed by atoms with van der Waals surface area (Å²) in [5, 5.41) is 3.03. The minimum atomic E-state index is 0.0751. The highest BCUT2D eigenvalue weighted by Crippen LogP contribution is 2.24. The van der Waals surface area contributed by atoms with Gasteiger partial charge in [-0.1, -0.05) is 6.07 Å². The van der Waals surface area contributed by atoms with Gasteiger partial charge in [0.2, 0.25) is 0 Å². The molecule has 1 amide bonds. The lowest BCUT2D eigenvalue weighted by molar-refractivity contribution is -0.884. The van der Waals surface area contributed by atoms with Gasteiger partial charge in [-0.05, 0) is 70.6 Å². The molecule has 0 bridgehead atoms. The Labute approximate surface area is 143 Å². The van der Waals surface area contributed by atoms with E-state index in [-0.39, 0.29) is 5.91 Å². The highest BCUT2D eigenvalue weighted by atomic mass is 79.9. The second-order valence-corrected chi connectivity index (χ2v) is 8.45. The average Bonchev–Trinajstić information content (AvgIpc) is 3.06. The topological polar surface area (TPSA) is 33.5 Å². The summed E-state index contributed by atoms with van der Waals surface area (Å²) in [7, 11) is 2.05. The number of carbonyl (C=O) groups excluding carboxylic acids is 1. The van der Waals surface area contributed by atoms with Gasteiger partial charge in [0.15, 0.2) is 6.54 Å². The van der Waals surface area contributed by atoms with Gasteiger partial charge >= 0.3 is 0 Å². The molecule has 116 valence electrons. The summed E-state index contributed by atoms with van der Waals surface area (Å²) in [4.78, 5) is 14.7. The highest BCUT2D eigenvalue weighted by Gasteiger charge is 2.14. The Morgan fingerprint density at radius 2 is 2.09 bits per heavy atom. The Hall–Kier alpha value is -1.17. The van der Waals surface area contributed by atoms with Crippen molar-refractivity contribution in [2.24, 2.45) is 0 Å². The molecular weight excluding hydrogens is 360 g/mol. The smallest absolute Gasteiger partial charge is 0.279 e. The van der Waals surface area contributed by atoms with Crippen LogP contribution in [0, 0.1) is 0 Å². The number of benzene rings is 1. The molecule has 0 spiro atoms. The summed E-state index contributed by atoms with van der Waals surface area (Å²) in [6.07, 6.45) is 3.54. The molecule has 1 aliphatic rings. The molecule has 0 fully saturated rings. The number of carbonyl (C=O) groups is 1. The lowest BCUT2D eigenvalue weighted by Gasteiger charge is -2.13. The maximum atomic E-state index is 12.2. The van der Waals surface area contributed by atoms with E-state index in [9.17, 15) is 4.79 Å². The first kappa shape index (κ1) is 15.7. The Kier molecular flexibility index (Phi) is 4.96. The molecule has 1 aromatic heterocycles. The standard InChI is InChI=1S/C17H19BrN2OS/c1-20(10-15-7-8-16(18)22-15)11-17(21)19-14-6-5-12-3-2-4-13(12)9-14/h5-9H,2-4,10-11H2,1H3,(H,19,21)/p+1. The van der Waals surface area contributed by atoms with Crippen LogP contribution in [0.1, 0.15) is 22.4 Å². The number of anilines is 1. The molecule has 22 heavy (non-hydrogen) atoms. The van der Waals surface area contributed by atoms with Crippen LogP contribution in [0.15, 0.2) is 34.1 Å². The van der Waals surface area contributed by atoms with Crippen molar-refractivity contribution in [3.8, 4) is 0 Å². The van der Waals surface area contributed by atoms with Crippen LogP contribution in [0.25, 0.3) is 0 Å². The molecule has 2 N–H and O–H groups in total. The van der Waals surface area contributed by atoms with E-state index in [2.05, 4.69) is 52.6 Å². The van der Waals surface area contributed by atoms with Crippen LogP contribution in [-0.4, -0.2) is 19.5 Å². The second kappa shape index (κ2) is 6.94. The van der Waals surface area contributed by atoms with Gasteiger partial charge in [-0.25, -0.2) is 0 Å². The number of rotatable bonds is 5. The first-order chi connectivity index (χ1) is 10.6. The van der Waals surface area contributed by atoms with Crippen LogP contribution < -0.4 is 10.2 Å². The molecule has 1 aromatic carbocycles. The number of amides is 1. The molecule has 2 aromatic rings. The molecule has 1 aliphatic carbocycles. The van der Waals surface area contributed by atoms with Crippen LogP contribution in [0.2, 0.25) is 0 Å². The zero-order chi connectivity index (χ0) is 15.5. The number of nitrogens with one attached hydrogen (secondary N) is 2. The van der Waals surface area contributed by atoms with Crippen LogP contribution >= 0.6 is 27.3 Å². The van der Waals surface area contributed by atoms with E-state index in [0.29, 0.717) is 6.54 Å². The number of hydrogen-bond donors (Lipinski definition) is 2. The number of fused-ring (bicyclic) bond motifs is 1. The molecule has 0 radical (unpaired) electrons. The largest absolute Gasteiger partial charge is 0.325 e. The SMILES string of the molecule is C[NH+](CC(=O)Nc1ccc2c(c1)CCC2)Cc1ccc(Br)s1. The van der Waals surface area contributed by atoms with Gasteiger partial charge in [0.25, 0.3) is 5.91 Å². The maximum Gasteiger partial charge on any atom is 0.279 e. The zero-order valence-corrected chi connectivity index (χ0v) is 15.0. The van der Waals surface area contributed by atoms with Crippen molar-refractivity contribution in [1.82, 2.24) is 0 Å². The first-order valence-corrected chi connectivity index (χ1v) is 9.18. The highest BCUT2D eigenvalue weighted by molar-refractivity contribution is 9.11.